The lowest BCUT2D eigenvalue weighted by Gasteiger charge is -2.10. The summed E-state index contributed by atoms with van der Waals surface area (Å²) < 4.78 is 0. The number of pyridine rings is 1. The van der Waals surface area contributed by atoms with E-state index in [-0.39, 0.29) is 0 Å². The van der Waals surface area contributed by atoms with E-state index in [9.17, 15) is 0 Å². The maximum absolute atomic E-state index is 5.50. The van der Waals surface area contributed by atoms with Crippen LogP contribution in [0.2, 0.25) is 0 Å². The van der Waals surface area contributed by atoms with Crippen molar-refractivity contribution in [1.29, 1.82) is 0 Å². The fourth-order valence-electron chi connectivity index (χ4n) is 2.13. The van der Waals surface area contributed by atoms with E-state index in [0.717, 1.165) is 41.2 Å². The third-order valence-electron chi connectivity index (χ3n) is 3.25. The van der Waals surface area contributed by atoms with E-state index >= 15 is 0 Å². The topological polar surface area (TPSA) is 88.8 Å². The number of fused-ring (bicyclic) bond motifs is 1. The van der Waals surface area contributed by atoms with Crippen molar-refractivity contribution in [2.45, 2.75) is 6.42 Å². The number of hydrogen-bond acceptors (Lipinski definition) is 6. The van der Waals surface area contributed by atoms with Crippen LogP contribution in [-0.4, -0.2) is 28.0 Å². The van der Waals surface area contributed by atoms with Crippen molar-refractivity contribution >= 4 is 28.2 Å². The molecule has 0 amide bonds. The van der Waals surface area contributed by atoms with Crippen LogP contribution in [-0.2, 0) is 0 Å². The standard InChI is InChI=1S/C16H18N6/c17-7-4-8-18-15-9-13-14(10-19-15)20-11-21-16(13)22-12-5-2-1-3-6-12/h1-3,5-6,9-11H,4,7-8,17H2,(H,18,19)(H,20,21,22). The lowest BCUT2D eigenvalue weighted by Crippen LogP contribution is -2.09. The van der Waals surface area contributed by atoms with Gasteiger partial charge in [-0.1, -0.05) is 18.2 Å². The molecule has 6 heteroatoms. The molecule has 0 unspecified atom stereocenters. The summed E-state index contributed by atoms with van der Waals surface area (Å²) in [5.74, 6) is 1.56. The summed E-state index contributed by atoms with van der Waals surface area (Å²) in [5, 5.41) is 7.50. The van der Waals surface area contributed by atoms with Crippen LogP contribution in [0.1, 0.15) is 6.42 Å². The molecule has 2 heterocycles. The van der Waals surface area contributed by atoms with Crippen LogP contribution < -0.4 is 16.4 Å². The fraction of sp³-hybridized carbons (Fsp3) is 0.188. The molecular formula is C16H18N6. The lowest BCUT2D eigenvalue weighted by molar-refractivity contribution is 0.870. The highest BCUT2D eigenvalue weighted by Crippen LogP contribution is 2.24. The highest BCUT2D eigenvalue weighted by molar-refractivity contribution is 5.91. The van der Waals surface area contributed by atoms with Gasteiger partial charge in [-0.25, -0.2) is 15.0 Å². The van der Waals surface area contributed by atoms with Crippen molar-refractivity contribution in [2.24, 2.45) is 5.73 Å². The van der Waals surface area contributed by atoms with Gasteiger partial charge in [0.15, 0.2) is 0 Å². The summed E-state index contributed by atoms with van der Waals surface area (Å²) in [6, 6.07) is 11.9. The molecule has 0 aliphatic rings. The van der Waals surface area contributed by atoms with E-state index in [1.165, 1.54) is 6.33 Å². The zero-order valence-corrected chi connectivity index (χ0v) is 12.2. The Morgan fingerprint density at radius 2 is 1.91 bits per heavy atom. The second-order valence-corrected chi connectivity index (χ2v) is 4.87. The van der Waals surface area contributed by atoms with Gasteiger partial charge in [-0.2, -0.15) is 0 Å². The fourth-order valence-corrected chi connectivity index (χ4v) is 2.13. The number of anilines is 3. The molecule has 0 fully saturated rings. The van der Waals surface area contributed by atoms with E-state index in [4.69, 9.17) is 5.73 Å². The molecule has 0 saturated carbocycles. The molecule has 0 saturated heterocycles. The van der Waals surface area contributed by atoms with Crippen molar-refractivity contribution in [3.05, 3.63) is 48.9 Å². The largest absolute Gasteiger partial charge is 0.370 e. The average Bonchev–Trinajstić information content (AvgIpc) is 2.57. The smallest absolute Gasteiger partial charge is 0.141 e. The maximum atomic E-state index is 5.50. The molecule has 2 aromatic heterocycles. The van der Waals surface area contributed by atoms with Gasteiger partial charge in [0.1, 0.15) is 18.0 Å². The van der Waals surface area contributed by atoms with E-state index in [2.05, 4.69) is 25.6 Å². The Labute approximate surface area is 128 Å². The zero-order valence-electron chi connectivity index (χ0n) is 12.2. The quantitative estimate of drug-likeness (QED) is 0.605. The number of rotatable bonds is 6. The van der Waals surface area contributed by atoms with Crippen LogP contribution in [0, 0.1) is 0 Å². The number of para-hydroxylation sites is 1. The number of nitrogens with zero attached hydrogens (tertiary/aromatic N) is 3. The van der Waals surface area contributed by atoms with E-state index in [1.807, 2.05) is 36.4 Å². The zero-order chi connectivity index (χ0) is 15.2. The first-order valence-electron chi connectivity index (χ1n) is 7.23. The Kier molecular flexibility index (Phi) is 4.41. The SMILES string of the molecule is NCCCNc1cc2c(Nc3ccccc3)ncnc2cn1. The van der Waals surface area contributed by atoms with Gasteiger partial charge in [-0.3, -0.25) is 0 Å². The third kappa shape index (κ3) is 3.29. The number of aromatic nitrogens is 3. The first kappa shape index (κ1) is 14.2. The predicted molar refractivity (Wildman–Crippen MR) is 89.2 cm³/mol. The van der Waals surface area contributed by atoms with Crippen molar-refractivity contribution in [3.63, 3.8) is 0 Å². The third-order valence-corrected chi connectivity index (χ3v) is 3.25. The number of nitrogens with one attached hydrogen (secondary N) is 2. The Hall–Kier alpha value is -2.73. The first-order chi connectivity index (χ1) is 10.9. The molecule has 112 valence electrons. The van der Waals surface area contributed by atoms with Crippen LogP contribution in [0.3, 0.4) is 0 Å². The van der Waals surface area contributed by atoms with E-state index < -0.39 is 0 Å². The van der Waals surface area contributed by atoms with Gasteiger partial charge in [0.05, 0.1) is 11.7 Å². The van der Waals surface area contributed by atoms with Gasteiger partial charge in [0, 0.05) is 17.6 Å². The molecule has 0 aliphatic carbocycles. The lowest BCUT2D eigenvalue weighted by atomic mass is 10.2. The van der Waals surface area contributed by atoms with Gasteiger partial charge in [-0.05, 0) is 31.2 Å². The molecule has 3 aromatic rings. The molecular weight excluding hydrogens is 276 g/mol. The molecule has 3 rings (SSSR count). The predicted octanol–water partition coefficient (Wildman–Crippen LogP) is 2.53. The molecule has 4 N–H and O–H groups in total. The van der Waals surface area contributed by atoms with Gasteiger partial charge < -0.3 is 16.4 Å². The summed E-state index contributed by atoms with van der Waals surface area (Å²) in [6.45, 7) is 1.45. The van der Waals surface area contributed by atoms with Gasteiger partial charge in [0.25, 0.3) is 0 Å². The summed E-state index contributed by atoms with van der Waals surface area (Å²) >= 11 is 0. The van der Waals surface area contributed by atoms with Gasteiger partial charge in [0.2, 0.25) is 0 Å². The van der Waals surface area contributed by atoms with Crippen LogP contribution in [0.15, 0.2) is 48.9 Å². The molecule has 0 radical (unpaired) electrons. The van der Waals surface area contributed by atoms with Crippen molar-refractivity contribution in [3.8, 4) is 0 Å². The van der Waals surface area contributed by atoms with Gasteiger partial charge >= 0.3 is 0 Å². The highest BCUT2D eigenvalue weighted by atomic mass is 15.0. The van der Waals surface area contributed by atoms with Crippen LogP contribution >= 0.6 is 0 Å². The average molecular weight is 294 g/mol. The number of nitrogens with two attached hydrogens (primary N) is 1. The summed E-state index contributed by atoms with van der Waals surface area (Å²) in [5.41, 5.74) is 7.29. The van der Waals surface area contributed by atoms with Crippen LogP contribution in [0.5, 0.6) is 0 Å². The second-order valence-electron chi connectivity index (χ2n) is 4.87. The van der Waals surface area contributed by atoms with Crippen molar-refractivity contribution in [1.82, 2.24) is 15.0 Å². The van der Waals surface area contributed by atoms with Crippen LogP contribution in [0.25, 0.3) is 10.9 Å². The van der Waals surface area contributed by atoms with E-state index in [0.29, 0.717) is 6.54 Å². The molecule has 0 atom stereocenters. The van der Waals surface area contributed by atoms with Crippen molar-refractivity contribution < 1.29 is 0 Å². The molecule has 0 spiro atoms. The Morgan fingerprint density at radius 1 is 1.05 bits per heavy atom. The minimum absolute atomic E-state index is 0.657. The normalized spacial score (nSPS) is 10.6. The maximum Gasteiger partial charge on any atom is 0.141 e. The van der Waals surface area contributed by atoms with E-state index in [1.54, 1.807) is 6.20 Å². The Bertz CT molecular complexity index is 744. The van der Waals surface area contributed by atoms with Crippen molar-refractivity contribution in [2.75, 3.05) is 23.7 Å². The highest BCUT2D eigenvalue weighted by Gasteiger charge is 2.06. The molecule has 22 heavy (non-hydrogen) atoms. The monoisotopic (exact) mass is 294 g/mol. The summed E-state index contributed by atoms with van der Waals surface area (Å²) in [7, 11) is 0. The minimum atomic E-state index is 0.657. The molecule has 0 bridgehead atoms. The Morgan fingerprint density at radius 3 is 2.73 bits per heavy atom. The summed E-state index contributed by atoms with van der Waals surface area (Å²) in [4.78, 5) is 13.0. The second kappa shape index (κ2) is 6.82. The molecule has 1 aromatic carbocycles. The molecule has 0 aliphatic heterocycles. The summed E-state index contributed by atoms with van der Waals surface area (Å²) in [6.07, 6.45) is 4.19. The minimum Gasteiger partial charge on any atom is -0.370 e. The van der Waals surface area contributed by atoms with Crippen LogP contribution in [0.4, 0.5) is 17.3 Å². The molecule has 6 nitrogen and oxygen atoms in total. The number of hydrogen-bond donors (Lipinski definition) is 3. The Balaban J connectivity index is 1.90. The number of benzene rings is 1. The first-order valence-corrected chi connectivity index (χ1v) is 7.23. The van der Waals surface area contributed by atoms with Gasteiger partial charge in [-0.15, -0.1) is 0 Å².